The summed E-state index contributed by atoms with van der Waals surface area (Å²) in [6, 6.07) is 15.4. The molecule has 7 nitrogen and oxygen atoms in total. The maximum Gasteiger partial charge on any atom is 0.264 e. The van der Waals surface area contributed by atoms with E-state index in [1.165, 1.54) is 0 Å². The van der Waals surface area contributed by atoms with Gasteiger partial charge in [-0.05, 0) is 29.4 Å². The maximum atomic E-state index is 5.28. The van der Waals surface area contributed by atoms with Gasteiger partial charge < -0.3 is 9.84 Å². The van der Waals surface area contributed by atoms with Crippen LogP contribution < -0.4 is 5.32 Å². The van der Waals surface area contributed by atoms with Gasteiger partial charge in [-0.15, -0.1) is 0 Å². The van der Waals surface area contributed by atoms with E-state index in [-0.39, 0.29) is 0 Å². The normalized spacial score (nSPS) is 10.7. The Morgan fingerprint density at radius 1 is 1.00 bits per heavy atom. The molecule has 0 fully saturated rings. The first-order chi connectivity index (χ1) is 11.9. The van der Waals surface area contributed by atoms with E-state index < -0.39 is 0 Å². The monoisotopic (exact) mass is 318 g/mol. The molecule has 0 amide bonds. The van der Waals surface area contributed by atoms with Crippen LogP contribution in [0.3, 0.4) is 0 Å². The first-order valence-corrected chi connectivity index (χ1v) is 7.47. The minimum Gasteiger partial charge on any atom is -0.347 e. The van der Waals surface area contributed by atoms with Crippen molar-refractivity contribution in [2.45, 2.75) is 6.54 Å². The average Bonchev–Trinajstić information content (AvgIpc) is 3.33. The number of hydrogen-bond donors (Lipinski definition) is 1. The first kappa shape index (κ1) is 14.1. The molecule has 1 aromatic carbocycles. The number of pyridine rings is 1. The van der Waals surface area contributed by atoms with Crippen LogP contribution in [0, 0.1) is 0 Å². The summed E-state index contributed by atoms with van der Waals surface area (Å²) < 4.78 is 7.01. The number of nitrogens with zero attached hydrogens (tertiary/aromatic N) is 5. The summed E-state index contributed by atoms with van der Waals surface area (Å²) >= 11 is 0. The van der Waals surface area contributed by atoms with Crippen molar-refractivity contribution >= 4 is 5.95 Å². The van der Waals surface area contributed by atoms with Gasteiger partial charge in [-0.1, -0.05) is 24.3 Å². The van der Waals surface area contributed by atoms with Crippen LogP contribution in [0.2, 0.25) is 0 Å². The minimum absolute atomic E-state index is 0.434. The molecule has 4 rings (SSSR count). The zero-order chi connectivity index (χ0) is 16.2. The molecule has 118 valence electrons. The van der Waals surface area contributed by atoms with Crippen LogP contribution in [-0.2, 0) is 6.54 Å². The lowest BCUT2D eigenvalue weighted by atomic mass is 10.2. The van der Waals surface area contributed by atoms with Gasteiger partial charge in [0, 0.05) is 36.3 Å². The molecule has 0 atom stereocenters. The molecule has 0 saturated carbocycles. The Bertz CT molecular complexity index is 917. The number of rotatable bonds is 5. The van der Waals surface area contributed by atoms with Crippen LogP contribution in [0.5, 0.6) is 0 Å². The van der Waals surface area contributed by atoms with Crippen LogP contribution in [-0.4, -0.2) is 24.9 Å². The van der Waals surface area contributed by atoms with Gasteiger partial charge in [0.15, 0.2) is 5.82 Å². The van der Waals surface area contributed by atoms with E-state index in [4.69, 9.17) is 4.52 Å². The number of hydrogen-bond acceptors (Lipinski definition) is 6. The minimum atomic E-state index is 0.434. The van der Waals surface area contributed by atoms with Gasteiger partial charge in [-0.3, -0.25) is 0 Å². The highest BCUT2D eigenvalue weighted by atomic mass is 16.5. The quantitative estimate of drug-likeness (QED) is 0.609. The zero-order valence-corrected chi connectivity index (χ0v) is 12.7. The van der Waals surface area contributed by atoms with Crippen molar-refractivity contribution in [2.75, 3.05) is 5.32 Å². The van der Waals surface area contributed by atoms with Crippen molar-refractivity contribution in [1.82, 2.24) is 24.9 Å². The number of benzene rings is 1. The Kier molecular flexibility index (Phi) is 3.73. The third-order valence-corrected chi connectivity index (χ3v) is 3.47. The van der Waals surface area contributed by atoms with Crippen molar-refractivity contribution in [1.29, 1.82) is 0 Å². The Morgan fingerprint density at radius 3 is 2.75 bits per heavy atom. The fourth-order valence-corrected chi connectivity index (χ4v) is 2.34. The maximum absolute atomic E-state index is 5.28. The van der Waals surface area contributed by atoms with E-state index in [1.807, 2.05) is 54.7 Å². The molecular weight excluding hydrogens is 304 g/mol. The standard InChI is InChI=1S/C17H14N6O/c1-2-6-13(7-3-1)16-21-17(22-24-16)19-12-14-8-4-9-18-15(14)23-11-5-10-20-23/h1-11H,12H2,(H,19,22). The molecule has 1 N–H and O–H groups in total. The summed E-state index contributed by atoms with van der Waals surface area (Å²) in [5.74, 6) is 1.68. The van der Waals surface area contributed by atoms with Crippen molar-refractivity contribution in [3.8, 4) is 17.3 Å². The zero-order valence-electron chi connectivity index (χ0n) is 12.7. The van der Waals surface area contributed by atoms with Crippen molar-refractivity contribution in [3.63, 3.8) is 0 Å². The van der Waals surface area contributed by atoms with Gasteiger partial charge in [0.2, 0.25) is 0 Å². The van der Waals surface area contributed by atoms with Crippen molar-refractivity contribution in [3.05, 3.63) is 72.7 Å². The lowest BCUT2D eigenvalue weighted by Gasteiger charge is -2.08. The third-order valence-electron chi connectivity index (χ3n) is 3.47. The lowest BCUT2D eigenvalue weighted by molar-refractivity contribution is 0.432. The molecule has 4 aromatic rings. The Morgan fingerprint density at radius 2 is 1.92 bits per heavy atom. The summed E-state index contributed by atoms with van der Waals surface area (Å²) in [6.45, 7) is 0.511. The SMILES string of the molecule is c1ccc(-c2nc(NCc3cccnc3-n3cccn3)no2)cc1. The molecular formula is C17H14N6O. The number of anilines is 1. The predicted octanol–water partition coefficient (Wildman–Crippen LogP) is 2.93. The Labute approximate surface area is 138 Å². The van der Waals surface area contributed by atoms with E-state index in [9.17, 15) is 0 Å². The molecule has 24 heavy (non-hydrogen) atoms. The molecule has 0 bridgehead atoms. The fourth-order valence-electron chi connectivity index (χ4n) is 2.34. The molecule has 0 radical (unpaired) electrons. The topological polar surface area (TPSA) is 81.7 Å². The van der Waals surface area contributed by atoms with Gasteiger partial charge in [0.1, 0.15) is 0 Å². The first-order valence-electron chi connectivity index (χ1n) is 7.47. The smallest absolute Gasteiger partial charge is 0.264 e. The molecule has 0 unspecified atom stereocenters. The number of nitrogens with one attached hydrogen (secondary N) is 1. The van der Waals surface area contributed by atoms with Crippen LogP contribution in [0.15, 0.2) is 71.6 Å². The average molecular weight is 318 g/mol. The highest BCUT2D eigenvalue weighted by molar-refractivity contribution is 5.53. The van der Waals surface area contributed by atoms with Gasteiger partial charge >= 0.3 is 0 Å². The largest absolute Gasteiger partial charge is 0.347 e. The van der Waals surface area contributed by atoms with Crippen LogP contribution in [0.25, 0.3) is 17.3 Å². The van der Waals surface area contributed by atoms with E-state index in [2.05, 4.69) is 25.5 Å². The molecule has 0 spiro atoms. The lowest BCUT2D eigenvalue weighted by Crippen LogP contribution is -2.08. The predicted molar refractivity (Wildman–Crippen MR) is 88.4 cm³/mol. The van der Waals surface area contributed by atoms with Crippen LogP contribution >= 0.6 is 0 Å². The molecule has 0 aliphatic carbocycles. The van der Waals surface area contributed by atoms with Crippen LogP contribution in [0.4, 0.5) is 5.95 Å². The molecule has 0 aliphatic heterocycles. The van der Waals surface area contributed by atoms with Gasteiger partial charge in [-0.2, -0.15) is 10.1 Å². The highest BCUT2D eigenvalue weighted by Gasteiger charge is 2.10. The molecule has 3 heterocycles. The summed E-state index contributed by atoms with van der Waals surface area (Å²) in [4.78, 5) is 8.74. The fraction of sp³-hybridized carbons (Fsp3) is 0.0588. The summed E-state index contributed by atoms with van der Waals surface area (Å²) in [7, 11) is 0. The Balaban J connectivity index is 1.51. The Hall–Kier alpha value is -3.48. The summed E-state index contributed by atoms with van der Waals surface area (Å²) in [6.07, 6.45) is 5.31. The highest BCUT2D eigenvalue weighted by Crippen LogP contribution is 2.18. The van der Waals surface area contributed by atoms with Gasteiger partial charge in [0.05, 0.1) is 0 Å². The second-order valence-corrected chi connectivity index (χ2v) is 5.08. The molecule has 0 saturated heterocycles. The second-order valence-electron chi connectivity index (χ2n) is 5.08. The summed E-state index contributed by atoms with van der Waals surface area (Å²) in [5, 5.41) is 11.3. The van der Waals surface area contributed by atoms with Gasteiger partial charge in [0.25, 0.3) is 11.8 Å². The molecule has 7 heteroatoms. The van der Waals surface area contributed by atoms with Gasteiger partial charge in [-0.25, -0.2) is 9.67 Å². The molecule has 3 aromatic heterocycles. The van der Waals surface area contributed by atoms with Crippen molar-refractivity contribution < 1.29 is 4.52 Å². The number of aromatic nitrogens is 5. The van der Waals surface area contributed by atoms with Crippen LogP contribution in [0.1, 0.15) is 5.56 Å². The van der Waals surface area contributed by atoms with E-state index in [1.54, 1.807) is 17.1 Å². The third kappa shape index (κ3) is 2.87. The van der Waals surface area contributed by atoms with E-state index in [0.717, 1.165) is 16.9 Å². The summed E-state index contributed by atoms with van der Waals surface area (Å²) in [5.41, 5.74) is 1.86. The molecule has 0 aliphatic rings. The van der Waals surface area contributed by atoms with Crippen molar-refractivity contribution in [2.24, 2.45) is 0 Å². The second kappa shape index (κ2) is 6.33. The van der Waals surface area contributed by atoms with E-state index >= 15 is 0 Å². The van der Waals surface area contributed by atoms with E-state index in [0.29, 0.717) is 18.4 Å².